The lowest BCUT2D eigenvalue weighted by molar-refractivity contribution is -0.123. The maximum Gasteiger partial charge on any atom is 0.409 e. The van der Waals surface area contributed by atoms with Gasteiger partial charge in [-0.15, -0.1) is 0 Å². The summed E-state index contributed by atoms with van der Waals surface area (Å²) >= 11 is 0. The Morgan fingerprint density at radius 2 is 1.78 bits per heavy atom. The fourth-order valence-electron chi connectivity index (χ4n) is 2.62. The molecule has 2 rings (SSSR count). The summed E-state index contributed by atoms with van der Waals surface area (Å²) in [6.45, 7) is 3.00. The van der Waals surface area contributed by atoms with Gasteiger partial charge in [-0.1, -0.05) is 26.0 Å². The van der Waals surface area contributed by atoms with Crippen molar-refractivity contribution in [2.45, 2.75) is 26.3 Å². The molecule has 1 aromatic rings. The van der Waals surface area contributed by atoms with E-state index in [-0.39, 0.29) is 23.6 Å². The first-order valence-electron chi connectivity index (χ1n) is 8.38. The average molecular weight is 372 g/mol. The Kier molecular flexibility index (Phi) is 6.49. The zero-order chi connectivity index (χ0) is 20.0. The molecule has 1 aromatic carbocycles. The maximum absolute atomic E-state index is 12.2. The minimum Gasteiger partial charge on any atom is -0.428 e. The smallest absolute Gasteiger partial charge is 0.409 e. The summed E-state index contributed by atoms with van der Waals surface area (Å²) in [6, 6.07) is 7.20. The molecule has 0 bridgehead atoms. The molecular formula is C18H20N4O5. The van der Waals surface area contributed by atoms with Gasteiger partial charge in [-0.25, -0.2) is 9.69 Å². The molecule has 0 spiro atoms. The predicted octanol–water partition coefficient (Wildman–Crippen LogP) is 1.02. The number of benzene rings is 1. The van der Waals surface area contributed by atoms with Crippen LogP contribution in [0.25, 0.3) is 0 Å². The molecule has 0 saturated heterocycles. The zero-order valence-corrected chi connectivity index (χ0v) is 15.0. The van der Waals surface area contributed by atoms with Crippen molar-refractivity contribution in [1.29, 1.82) is 5.26 Å². The second kappa shape index (κ2) is 8.80. The lowest BCUT2D eigenvalue weighted by Crippen LogP contribution is -2.48. The average Bonchev–Trinajstić information content (AvgIpc) is 2.88. The van der Waals surface area contributed by atoms with Crippen LogP contribution in [0.2, 0.25) is 0 Å². The monoisotopic (exact) mass is 372 g/mol. The molecule has 1 heterocycles. The van der Waals surface area contributed by atoms with Gasteiger partial charge in [0.25, 0.3) is 11.8 Å². The Labute approximate surface area is 156 Å². The topological polar surface area (TPSA) is 129 Å². The second-order valence-electron chi connectivity index (χ2n) is 6.35. The van der Waals surface area contributed by atoms with E-state index in [1.807, 2.05) is 13.8 Å². The number of hydrogen-bond donors (Lipinski definition) is 2. The minimum atomic E-state index is -0.940. The third kappa shape index (κ3) is 4.82. The number of fused-ring (bicyclic) bond motifs is 1. The van der Waals surface area contributed by atoms with Crippen LogP contribution in [-0.2, 0) is 9.53 Å². The van der Waals surface area contributed by atoms with Crippen molar-refractivity contribution >= 4 is 23.8 Å². The number of imide groups is 1. The van der Waals surface area contributed by atoms with E-state index in [1.54, 1.807) is 18.2 Å². The summed E-state index contributed by atoms with van der Waals surface area (Å²) in [7, 11) is 0. The number of alkyl carbamates (subject to hydrolysis) is 1. The SMILES string of the molecule is CC(C)C[C@H](NC(=O)OCN1C(=O)c2ccccc2C1=O)C(=O)NCC#N. The van der Waals surface area contributed by atoms with Crippen molar-refractivity contribution in [3.63, 3.8) is 0 Å². The molecule has 0 saturated carbocycles. The van der Waals surface area contributed by atoms with E-state index in [0.29, 0.717) is 6.42 Å². The Morgan fingerprint density at radius 1 is 1.19 bits per heavy atom. The normalized spacial score (nSPS) is 13.8. The lowest BCUT2D eigenvalue weighted by atomic mass is 10.0. The largest absolute Gasteiger partial charge is 0.428 e. The van der Waals surface area contributed by atoms with Crippen molar-refractivity contribution in [3.05, 3.63) is 35.4 Å². The predicted molar refractivity (Wildman–Crippen MR) is 93.3 cm³/mol. The third-order valence-electron chi connectivity index (χ3n) is 3.86. The van der Waals surface area contributed by atoms with Gasteiger partial charge in [0.1, 0.15) is 12.6 Å². The molecule has 9 heteroatoms. The van der Waals surface area contributed by atoms with Crippen molar-refractivity contribution in [2.75, 3.05) is 13.3 Å². The van der Waals surface area contributed by atoms with Gasteiger partial charge in [0.15, 0.2) is 6.73 Å². The highest BCUT2D eigenvalue weighted by atomic mass is 16.6. The number of nitrogens with one attached hydrogen (secondary N) is 2. The molecule has 1 atom stereocenters. The number of carbonyl (C=O) groups is 4. The molecule has 142 valence electrons. The number of nitrogens with zero attached hydrogens (tertiary/aromatic N) is 2. The van der Waals surface area contributed by atoms with Crippen LogP contribution in [0, 0.1) is 17.2 Å². The lowest BCUT2D eigenvalue weighted by Gasteiger charge is -2.20. The van der Waals surface area contributed by atoms with Crippen molar-refractivity contribution < 1.29 is 23.9 Å². The number of carbonyl (C=O) groups excluding carboxylic acids is 4. The fourth-order valence-corrected chi connectivity index (χ4v) is 2.62. The molecule has 0 aromatic heterocycles. The van der Waals surface area contributed by atoms with Crippen molar-refractivity contribution in [1.82, 2.24) is 15.5 Å². The molecule has 1 aliphatic rings. The van der Waals surface area contributed by atoms with Gasteiger partial charge < -0.3 is 15.4 Å². The first-order valence-corrected chi connectivity index (χ1v) is 8.38. The molecule has 0 unspecified atom stereocenters. The summed E-state index contributed by atoms with van der Waals surface area (Å²) in [5.41, 5.74) is 0.500. The van der Waals surface area contributed by atoms with Crippen LogP contribution < -0.4 is 10.6 Å². The van der Waals surface area contributed by atoms with Gasteiger partial charge >= 0.3 is 6.09 Å². The molecule has 4 amide bonds. The van der Waals surface area contributed by atoms with E-state index in [1.165, 1.54) is 12.1 Å². The fraction of sp³-hybridized carbons (Fsp3) is 0.389. The van der Waals surface area contributed by atoms with Crippen molar-refractivity contribution in [3.8, 4) is 6.07 Å². The van der Waals surface area contributed by atoms with Crippen LogP contribution >= 0.6 is 0 Å². The van der Waals surface area contributed by atoms with Gasteiger partial charge in [0, 0.05) is 0 Å². The molecule has 0 radical (unpaired) electrons. The van der Waals surface area contributed by atoms with Gasteiger partial charge in [-0.05, 0) is 24.5 Å². The van der Waals surface area contributed by atoms with E-state index < -0.39 is 36.6 Å². The highest BCUT2D eigenvalue weighted by Gasteiger charge is 2.36. The Balaban J connectivity index is 1.94. The molecule has 0 aliphatic carbocycles. The first-order chi connectivity index (χ1) is 12.8. The quantitative estimate of drug-likeness (QED) is 0.543. The second-order valence-corrected chi connectivity index (χ2v) is 6.35. The number of hydrogen-bond acceptors (Lipinski definition) is 6. The Hall–Kier alpha value is -3.41. The number of nitriles is 1. The Bertz CT molecular complexity index is 764. The molecule has 1 aliphatic heterocycles. The van der Waals surface area contributed by atoms with Gasteiger partial charge in [-0.3, -0.25) is 14.4 Å². The summed E-state index contributed by atoms with van der Waals surface area (Å²) in [5, 5.41) is 13.3. The molecular weight excluding hydrogens is 352 g/mol. The molecule has 2 N–H and O–H groups in total. The first kappa shape index (κ1) is 19.9. The van der Waals surface area contributed by atoms with Gasteiger partial charge in [0.05, 0.1) is 17.2 Å². The molecule has 27 heavy (non-hydrogen) atoms. The number of amides is 4. The van der Waals surface area contributed by atoms with Gasteiger partial charge in [0.2, 0.25) is 5.91 Å². The van der Waals surface area contributed by atoms with E-state index in [9.17, 15) is 19.2 Å². The number of rotatable bonds is 7. The van der Waals surface area contributed by atoms with Crippen LogP contribution in [0.3, 0.4) is 0 Å². The maximum atomic E-state index is 12.2. The molecule has 9 nitrogen and oxygen atoms in total. The van der Waals surface area contributed by atoms with E-state index in [4.69, 9.17) is 10.00 Å². The highest BCUT2D eigenvalue weighted by Crippen LogP contribution is 2.22. The number of ether oxygens (including phenoxy) is 1. The van der Waals surface area contributed by atoms with E-state index in [0.717, 1.165) is 4.90 Å². The van der Waals surface area contributed by atoms with Crippen LogP contribution in [0.15, 0.2) is 24.3 Å². The summed E-state index contributed by atoms with van der Waals surface area (Å²) in [5.74, 6) is -1.51. The van der Waals surface area contributed by atoms with Gasteiger partial charge in [-0.2, -0.15) is 5.26 Å². The highest BCUT2D eigenvalue weighted by molar-refractivity contribution is 6.21. The van der Waals surface area contributed by atoms with Crippen LogP contribution in [0.5, 0.6) is 0 Å². The van der Waals surface area contributed by atoms with E-state index >= 15 is 0 Å². The standard InChI is InChI=1S/C18H20N4O5/c1-11(2)9-14(15(23)20-8-7-19)21-18(26)27-10-22-16(24)12-5-3-4-6-13(12)17(22)25/h3-6,11,14H,8-10H2,1-2H3,(H,20,23)(H,21,26)/t14-/m0/s1. The summed E-state index contributed by atoms with van der Waals surface area (Å²) < 4.78 is 4.95. The van der Waals surface area contributed by atoms with Crippen molar-refractivity contribution in [2.24, 2.45) is 5.92 Å². The summed E-state index contributed by atoms with van der Waals surface area (Å²) in [6.07, 6.45) is -0.608. The molecule has 0 fully saturated rings. The van der Waals surface area contributed by atoms with E-state index in [2.05, 4.69) is 10.6 Å². The van der Waals surface area contributed by atoms with Crippen LogP contribution in [0.1, 0.15) is 41.0 Å². The zero-order valence-electron chi connectivity index (χ0n) is 15.0. The Morgan fingerprint density at radius 3 is 2.30 bits per heavy atom. The van der Waals surface area contributed by atoms with Crippen LogP contribution in [-0.4, -0.2) is 48.0 Å². The minimum absolute atomic E-state index is 0.0966. The van der Waals surface area contributed by atoms with Crippen LogP contribution in [0.4, 0.5) is 4.79 Å². The summed E-state index contributed by atoms with van der Waals surface area (Å²) in [4.78, 5) is 49.3. The third-order valence-corrected chi connectivity index (χ3v) is 3.86.